The molecule has 1 aromatic carbocycles. The van der Waals surface area contributed by atoms with Gasteiger partial charge >= 0.3 is 0 Å². The standard InChI is InChI=1S/C17H24N2O/c1-13-8-9-14-6-2-3-7-15(14)19(13)16(20)12-17(18)10-4-5-11-17/h2-3,6-7,13H,4-5,8-12,18H2,1H3. The summed E-state index contributed by atoms with van der Waals surface area (Å²) in [5.41, 5.74) is 8.51. The van der Waals surface area contributed by atoms with Crippen molar-refractivity contribution in [3.63, 3.8) is 0 Å². The number of para-hydroxylation sites is 1. The van der Waals surface area contributed by atoms with Crippen molar-refractivity contribution in [3.05, 3.63) is 29.8 Å². The first kappa shape index (κ1) is 13.6. The number of carbonyl (C=O) groups excluding carboxylic acids is 1. The van der Waals surface area contributed by atoms with Gasteiger partial charge in [-0.15, -0.1) is 0 Å². The molecule has 2 N–H and O–H groups in total. The summed E-state index contributed by atoms with van der Waals surface area (Å²) in [7, 11) is 0. The molecule has 3 rings (SSSR count). The molecule has 0 aromatic heterocycles. The second-order valence-corrected chi connectivity index (χ2v) is 6.53. The first-order valence-electron chi connectivity index (χ1n) is 7.78. The van der Waals surface area contributed by atoms with Gasteiger partial charge < -0.3 is 10.6 Å². The molecule has 1 aliphatic carbocycles. The van der Waals surface area contributed by atoms with Crippen molar-refractivity contribution in [3.8, 4) is 0 Å². The Kier molecular flexibility index (Phi) is 3.55. The van der Waals surface area contributed by atoms with E-state index < -0.39 is 0 Å². The van der Waals surface area contributed by atoms with Gasteiger partial charge in [-0.2, -0.15) is 0 Å². The second kappa shape index (κ2) is 5.21. The molecule has 2 aliphatic rings. The number of nitrogens with zero attached hydrogens (tertiary/aromatic N) is 1. The van der Waals surface area contributed by atoms with Crippen LogP contribution in [-0.2, 0) is 11.2 Å². The molecule has 0 spiro atoms. The number of rotatable bonds is 2. The molecule has 1 aromatic rings. The molecule has 1 fully saturated rings. The lowest BCUT2D eigenvalue weighted by Crippen LogP contribution is -2.48. The summed E-state index contributed by atoms with van der Waals surface area (Å²) < 4.78 is 0. The van der Waals surface area contributed by atoms with Crippen LogP contribution in [-0.4, -0.2) is 17.5 Å². The van der Waals surface area contributed by atoms with Gasteiger partial charge in [0.15, 0.2) is 0 Å². The van der Waals surface area contributed by atoms with Crippen LogP contribution in [0.25, 0.3) is 0 Å². The first-order chi connectivity index (χ1) is 9.59. The molecule has 1 amide bonds. The predicted molar refractivity (Wildman–Crippen MR) is 81.7 cm³/mol. The van der Waals surface area contributed by atoms with Crippen molar-refractivity contribution in [1.82, 2.24) is 0 Å². The van der Waals surface area contributed by atoms with Gasteiger partial charge in [-0.1, -0.05) is 31.0 Å². The van der Waals surface area contributed by atoms with Crippen molar-refractivity contribution >= 4 is 11.6 Å². The molecule has 1 heterocycles. The maximum Gasteiger partial charge on any atom is 0.229 e. The smallest absolute Gasteiger partial charge is 0.229 e. The Morgan fingerprint density at radius 2 is 2.05 bits per heavy atom. The minimum atomic E-state index is -0.261. The molecular formula is C17H24N2O. The molecule has 3 nitrogen and oxygen atoms in total. The fraction of sp³-hybridized carbons (Fsp3) is 0.588. The molecule has 3 heteroatoms. The van der Waals surface area contributed by atoms with Crippen molar-refractivity contribution in [1.29, 1.82) is 0 Å². The molecule has 20 heavy (non-hydrogen) atoms. The summed E-state index contributed by atoms with van der Waals surface area (Å²) in [6.45, 7) is 2.14. The van der Waals surface area contributed by atoms with Crippen LogP contribution >= 0.6 is 0 Å². The van der Waals surface area contributed by atoms with Crippen LogP contribution in [0, 0.1) is 0 Å². The maximum absolute atomic E-state index is 12.8. The van der Waals surface area contributed by atoms with Crippen molar-refractivity contribution in [2.45, 2.75) is 63.5 Å². The zero-order valence-electron chi connectivity index (χ0n) is 12.3. The lowest BCUT2D eigenvalue weighted by atomic mass is 9.91. The normalized spacial score (nSPS) is 24.5. The van der Waals surface area contributed by atoms with E-state index >= 15 is 0 Å². The summed E-state index contributed by atoms with van der Waals surface area (Å²) in [6, 6.07) is 8.56. The van der Waals surface area contributed by atoms with E-state index in [1.165, 1.54) is 5.56 Å². The zero-order chi connectivity index (χ0) is 14.2. The largest absolute Gasteiger partial charge is 0.325 e. The Morgan fingerprint density at radius 3 is 2.80 bits per heavy atom. The van der Waals surface area contributed by atoms with Gasteiger partial charge in [-0.3, -0.25) is 4.79 Å². The second-order valence-electron chi connectivity index (χ2n) is 6.53. The molecule has 1 unspecified atom stereocenters. The summed E-state index contributed by atoms with van der Waals surface area (Å²) in [5, 5.41) is 0. The van der Waals surface area contributed by atoms with Gasteiger partial charge in [0.05, 0.1) is 0 Å². The number of hydrogen-bond donors (Lipinski definition) is 1. The zero-order valence-corrected chi connectivity index (χ0v) is 12.3. The number of amides is 1. The van der Waals surface area contributed by atoms with E-state index in [1.54, 1.807) is 0 Å². The van der Waals surface area contributed by atoms with Crippen molar-refractivity contribution in [2.75, 3.05) is 4.90 Å². The van der Waals surface area contributed by atoms with E-state index in [0.29, 0.717) is 6.42 Å². The van der Waals surface area contributed by atoms with Crippen molar-refractivity contribution < 1.29 is 4.79 Å². The Balaban J connectivity index is 1.83. The highest BCUT2D eigenvalue weighted by Gasteiger charge is 2.36. The van der Waals surface area contributed by atoms with E-state index in [9.17, 15) is 4.79 Å². The van der Waals surface area contributed by atoms with E-state index in [0.717, 1.165) is 44.2 Å². The van der Waals surface area contributed by atoms with Crippen LogP contribution in [0.3, 0.4) is 0 Å². The number of benzene rings is 1. The third kappa shape index (κ3) is 2.47. The van der Waals surface area contributed by atoms with Gasteiger partial charge in [0.2, 0.25) is 5.91 Å². The SMILES string of the molecule is CC1CCc2ccccc2N1C(=O)CC1(N)CCCC1. The molecule has 1 aliphatic heterocycles. The number of carbonyl (C=O) groups is 1. The van der Waals surface area contributed by atoms with Gasteiger partial charge in [-0.25, -0.2) is 0 Å². The van der Waals surface area contributed by atoms with E-state index in [2.05, 4.69) is 25.1 Å². The molecule has 1 saturated carbocycles. The maximum atomic E-state index is 12.8. The predicted octanol–water partition coefficient (Wildman–Crippen LogP) is 3.02. The van der Waals surface area contributed by atoms with Gasteiger partial charge in [0, 0.05) is 23.7 Å². The number of anilines is 1. The van der Waals surface area contributed by atoms with E-state index in [1.807, 2.05) is 11.0 Å². The summed E-state index contributed by atoms with van der Waals surface area (Å²) in [4.78, 5) is 14.8. The van der Waals surface area contributed by atoms with Crippen LogP contribution in [0.5, 0.6) is 0 Å². The topological polar surface area (TPSA) is 46.3 Å². The summed E-state index contributed by atoms with van der Waals surface area (Å²) in [5.74, 6) is 0.203. The lowest BCUT2D eigenvalue weighted by molar-refractivity contribution is -0.120. The fourth-order valence-electron chi connectivity index (χ4n) is 3.71. The highest BCUT2D eigenvalue weighted by Crippen LogP contribution is 2.35. The molecule has 1 atom stereocenters. The van der Waals surface area contributed by atoms with Crippen LogP contribution in [0.2, 0.25) is 0 Å². The van der Waals surface area contributed by atoms with Gasteiger partial charge in [0.25, 0.3) is 0 Å². The van der Waals surface area contributed by atoms with Gasteiger partial charge in [-0.05, 0) is 44.2 Å². The van der Waals surface area contributed by atoms with Crippen LogP contribution in [0.1, 0.15) is 51.0 Å². The van der Waals surface area contributed by atoms with Crippen LogP contribution < -0.4 is 10.6 Å². The number of hydrogen-bond acceptors (Lipinski definition) is 2. The summed E-state index contributed by atoms with van der Waals surface area (Å²) >= 11 is 0. The minimum Gasteiger partial charge on any atom is -0.325 e. The average Bonchev–Trinajstić information content (AvgIpc) is 2.84. The number of fused-ring (bicyclic) bond motifs is 1. The monoisotopic (exact) mass is 272 g/mol. The fourth-order valence-corrected chi connectivity index (χ4v) is 3.71. The van der Waals surface area contributed by atoms with E-state index in [-0.39, 0.29) is 17.5 Å². The van der Waals surface area contributed by atoms with E-state index in [4.69, 9.17) is 5.73 Å². The quantitative estimate of drug-likeness (QED) is 0.899. The van der Waals surface area contributed by atoms with Crippen molar-refractivity contribution in [2.24, 2.45) is 5.73 Å². The molecule has 108 valence electrons. The Bertz CT molecular complexity index is 505. The molecule has 0 radical (unpaired) electrons. The van der Waals surface area contributed by atoms with Crippen LogP contribution in [0.4, 0.5) is 5.69 Å². The third-order valence-corrected chi connectivity index (χ3v) is 4.89. The van der Waals surface area contributed by atoms with Crippen LogP contribution in [0.15, 0.2) is 24.3 Å². The summed E-state index contributed by atoms with van der Waals surface area (Å²) in [6.07, 6.45) is 6.90. The average molecular weight is 272 g/mol. The minimum absolute atomic E-state index is 0.203. The Morgan fingerprint density at radius 1 is 1.35 bits per heavy atom. The molecule has 0 saturated heterocycles. The lowest BCUT2D eigenvalue weighted by Gasteiger charge is -2.37. The highest BCUT2D eigenvalue weighted by atomic mass is 16.2. The Labute approximate surface area is 121 Å². The molecule has 0 bridgehead atoms. The number of nitrogens with two attached hydrogens (primary N) is 1. The Hall–Kier alpha value is -1.35. The van der Waals surface area contributed by atoms with Gasteiger partial charge in [0.1, 0.15) is 0 Å². The third-order valence-electron chi connectivity index (χ3n) is 4.89. The molecular weight excluding hydrogens is 248 g/mol. The highest BCUT2D eigenvalue weighted by molar-refractivity contribution is 5.95. The first-order valence-corrected chi connectivity index (χ1v) is 7.78. The number of aryl methyl sites for hydroxylation is 1.